The van der Waals surface area contributed by atoms with Crippen LogP contribution >= 0.6 is 22.7 Å². The van der Waals surface area contributed by atoms with E-state index in [9.17, 15) is 0 Å². The fourth-order valence-electron chi connectivity index (χ4n) is 6.09. The zero-order valence-corrected chi connectivity index (χ0v) is 25.1. The van der Waals surface area contributed by atoms with Crippen molar-refractivity contribution in [1.29, 1.82) is 0 Å². The average molecular weight is 598 g/mol. The molecule has 0 fully saturated rings. The van der Waals surface area contributed by atoms with Gasteiger partial charge in [0.05, 0.1) is 0 Å². The van der Waals surface area contributed by atoms with Crippen LogP contribution in [0.2, 0.25) is 0 Å². The molecule has 0 aliphatic rings. The number of hydrogen-bond donors (Lipinski definition) is 0. The van der Waals surface area contributed by atoms with Crippen LogP contribution in [0.4, 0.5) is 0 Å². The lowest BCUT2D eigenvalue weighted by molar-refractivity contribution is 1.07. The highest BCUT2D eigenvalue weighted by atomic mass is 32.1. The Labute approximate surface area is 261 Å². The number of benzene rings is 6. The highest BCUT2D eigenvalue weighted by Gasteiger charge is 2.17. The van der Waals surface area contributed by atoms with Gasteiger partial charge >= 0.3 is 0 Å². The molecule has 0 unspecified atom stereocenters. The minimum Gasteiger partial charge on any atom is -0.208 e. The smallest absolute Gasteiger partial charge is 0.164 e. The summed E-state index contributed by atoms with van der Waals surface area (Å²) >= 11 is 3.71. The predicted octanol–water partition coefficient (Wildman–Crippen LogP) is 11.3. The summed E-state index contributed by atoms with van der Waals surface area (Å²) in [6.45, 7) is 0. The van der Waals surface area contributed by atoms with Crippen LogP contribution in [0.3, 0.4) is 0 Å². The number of hydrogen-bond acceptors (Lipinski definition) is 5. The monoisotopic (exact) mass is 597 g/mol. The molecule has 3 nitrogen and oxygen atoms in total. The highest BCUT2D eigenvalue weighted by Crippen LogP contribution is 2.45. The SMILES string of the molecule is c1ccc(-c2nc(-c3ccccc3)nc(-c3ccc4c(c3)sc3c(-c5cccc6sc7ccccc7c56)cccc34)n2)cc1. The molecule has 0 aliphatic carbocycles. The Hall–Kier alpha value is -5.23. The molecule has 0 aliphatic heterocycles. The molecule has 0 N–H and O–H groups in total. The maximum absolute atomic E-state index is 4.97. The molecule has 0 bridgehead atoms. The normalized spacial score (nSPS) is 11.6. The van der Waals surface area contributed by atoms with Gasteiger partial charge in [0, 0.05) is 62.6 Å². The Bertz CT molecular complexity index is 2440. The Morgan fingerprint density at radius 2 is 0.955 bits per heavy atom. The molecule has 0 atom stereocenters. The molecule has 6 aromatic carbocycles. The molecule has 44 heavy (non-hydrogen) atoms. The van der Waals surface area contributed by atoms with Gasteiger partial charge in [-0.1, -0.05) is 121 Å². The zero-order valence-electron chi connectivity index (χ0n) is 23.4. The van der Waals surface area contributed by atoms with E-state index in [-0.39, 0.29) is 0 Å². The maximum Gasteiger partial charge on any atom is 0.164 e. The Morgan fingerprint density at radius 1 is 0.364 bits per heavy atom. The lowest BCUT2D eigenvalue weighted by Crippen LogP contribution is -1.99. The lowest BCUT2D eigenvalue weighted by Gasteiger charge is -2.08. The van der Waals surface area contributed by atoms with Crippen LogP contribution in [0, 0.1) is 0 Å². The molecule has 5 heteroatoms. The summed E-state index contributed by atoms with van der Waals surface area (Å²) < 4.78 is 5.16. The number of rotatable bonds is 4. The van der Waals surface area contributed by atoms with Gasteiger partial charge in [0.25, 0.3) is 0 Å². The largest absolute Gasteiger partial charge is 0.208 e. The van der Waals surface area contributed by atoms with Crippen LogP contribution in [-0.2, 0) is 0 Å². The van der Waals surface area contributed by atoms with Crippen LogP contribution < -0.4 is 0 Å². The number of aromatic nitrogens is 3. The van der Waals surface area contributed by atoms with E-state index in [1.807, 2.05) is 83.3 Å². The second-order valence-corrected chi connectivity index (χ2v) is 12.9. The van der Waals surface area contributed by atoms with E-state index in [0.717, 1.165) is 16.7 Å². The summed E-state index contributed by atoms with van der Waals surface area (Å²) in [5.74, 6) is 2.01. The van der Waals surface area contributed by atoms with Crippen molar-refractivity contribution in [1.82, 2.24) is 15.0 Å². The van der Waals surface area contributed by atoms with Crippen molar-refractivity contribution in [3.8, 4) is 45.3 Å². The van der Waals surface area contributed by atoms with E-state index >= 15 is 0 Å². The van der Waals surface area contributed by atoms with Crippen LogP contribution in [-0.4, -0.2) is 15.0 Å². The fraction of sp³-hybridized carbons (Fsp3) is 0. The van der Waals surface area contributed by atoms with Crippen molar-refractivity contribution < 1.29 is 0 Å². The van der Waals surface area contributed by atoms with E-state index < -0.39 is 0 Å². The molecule has 3 aromatic heterocycles. The second-order valence-electron chi connectivity index (χ2n) is 10.8. The highest BCUT2D eigenvalue weighted by molar-refractivity contribution is 7.26. The van der Waals surface area contributed by atoms with Crippen molar-refractivity contribution in [2.24, 2.45) is 0 Å². The van der Waals surface area contributed by atoms with Gasteiger partial charge in [0.1, 0.15) is 0 Å². The van der Waals surface area contributed by atoms with Gasteiger partial charge in [-0.15, -0.1) is 22.7 Å². The van der Waals surface area contributed by atoms with Gasteiger partial charge in [0.15, 0.2) is 17.5 Å². The van der Waals surface area contributed by atoms with Crippen LogP contribution in [0.5, 0.6) is 0 Å². The van der Waals surface area contributed by atoms with Crippen molar-refractivity contribution in [3.63, 3.8) is 0 Å². The Morgan fingerprint density at radius 3 is 1.70 bits per heavy atom. The van der Waals surface area contributed by atoms with Gasteiger partial charge in [-0.25, -0.2) is 15.0 Å². The van der Waals surface area contributed by atoms with Gasteiger partial charge < -0.3 is 0 Å². The Balaban J connectivity index is 1.23. The first-order chi connectivity index (χ1) is 21.8. The molecule has 3 heterocycles. The second kappa shape index (κ2) is 10.2. The number of nitrogens with zero attached hydrogens (tertiary/aromatic N) is 3. The minimum absolute atomic E-state index is 0.671. The summed E-state index contributed by atoms with van der Waals surface area (Å²) in [6.07, 6.45) is 0. The van der Waals surface area contributed by atoms with Crippen LogP contribution in [0.1, 0.15) is 0 Å². The molecule has 9 aromatic rings. The van der Waals surface area contributed by atoms with Crippen molar-refractivity contribution in [3.05, 3.63) is 140 Å². The van der Waals surface area contributed by atoms with E-state index in [4.69, 9.17) is 15.0 Å². The van der Waals surface area contributed by atoms with Crippen LogP contribution in [0.15, 0.2) is 140 Å². The van der Waals surface area contributed by atoms with Crippen molar-refractivity contribution in [2.75, 3.05) is 0 Å². The molecule has 0 spiro atoms. The number of fused-ring (bicyclic) bond motifs is 6. The molecule has 0 saturated heterocycles. The zero-order chi connectivity index (χ0) is 29.0. The molecular weight excluding hydrogens is 575 g/mol. The topological polar surface area (TPSA) is 38.7 Å². The van der Waals surface area contributed by atoms with E-state index in [1.165, 1.54) is 51.5 Å². The molecule has 0 radical (unpaired) electrons. The molecule has 206 valence electrons. The summed E-state index contributed by atoms with van der Waals surface area (Å²) in [6, 6.07) is 49.0. The number of thiophene rings is 2. The lowest BCUT2D eigenvalue weighted by atomic mass is 9.98. The van der Waals surface area contributed by atoms with Gasteiger partial charge in [-0.05, 0) is 23.8 Å². The Kier molecular flexibility index (Phi) is 5.86. The summed E-state index contributed by atoms with van der Waals surface area (Å²) in [5, 5.41) is 5.18. The molecular formula is C39H23N3S2. The maximum atomic E-state index is 4.97. The molecule has 9 rings (SSSR count). The predicted molar refractivity (Wildman–Crippen MR) is 187 cm³/mol. The van der Waals surface area contributed by atoms with E-state index in [0.29, 0.717) is 17.5 Å². The quantitative estimate of drug-likeness (QED) is 0.203. The van der Waals surface area contributed by atoms with Crippen LogP contribution in [0.25, 0.3) is 85.6 Å². The van der Waals surface area contributed by atoms with Gasteiger partial charge in [-0.2, -0.15) is 0 Å². The molecule has 0 saturated carbocycles. The summed E-state index contributed by atoms with van der Waals surface area (Å²) in [4.78, 5) is 14.8. The first-order valence-corrected chi connectivity index (χ1v) is 16.2. The third-order valence-electron chi connectivity index (χ3n) is 8.15. The summed E-state index contributed by atoms with van der Waals surface area (Å²) in [5.41, 5.74) is 5.48. The van der Waals surface area contributed by atoms with E-state index in [2.05, 4.69) is 78.9 Å². The van der Waals surface area contributed by atoms with Crippen molar-refractivity contribution >= 4 is 63.0 Å². The van der Waals surface area contributed by atoms with Crippen molar-refractivity contribution in [2.45, 2.75) is 0 Å². The fourth-order valence-corrected chi connectivity index (χ4v) is 8.49. The minimum atomic E-state index is 0.671. The molecule has 0 amide bonds. The van der Waals surface area contributed by atoms with Gasteiger partial charge in [0.2, 0.25) is 0 Å². The first-order valence-electron chi connectivity index (χ1n) is 14.5. The third kappa shape index (κ3) is 4.13. The standard InChI is InChI=1S/C39H23N3S2/c1-3-11-24(12-4-1)37-40-38(25-13-5-2-6-14-25)42-39(41-37)26-21-22-27-29-17-9-18-30(36(29)44-34(27)23-26)28-16-10-20-33-35(28)31-15-7-8-19-32(31)43-33/h1-23H. The third-order valence-corrected chi connectivity index (χ3v) is 10.5. The van der Waals surface area contributed by atoms with E-state index in [1.54, 1.807) is 0 Å². The summed E-state index contributed by atoms with van der Waals surface area (Å²) in [7, 11) is 0. The average Bonchev–Trinajstić information content (AvgIpc) is 3.67. The first kappa shape index (κ1) is 25.3. The van der Waals surface area contributed by atoms with Gasteiger partial charge in [-0.3, -0.25) is 0 Å².